The lowest BCUT2D eigenvalue weighted by molar-refractivity contribution is -0.145. The zero-order valence-corrected chi connectivity index (χ0v) is 22.0. The van der Waals surface area contributed by atoms with Crippen LogP contribution < -0.4 is 19.1 Å². The van der Waals surface area contributed by atoms with Gasteiger partial charge in [-0.25, -0.2) is 9.18 Å². The normalized spacial score (nSPS) is 14.4. The zero-order valence-electron chi connectivity index (χ0n) is 22.0. The number of carboxylic acids is 2. The third kappa shape index (κ3) is 7.99. The second-order valence-electron chi connectivity index (χ2n) is 9.32. The van der Waals surface area contributed by atoms with E-state index in [9.17, 15) is 19.1 Å². The lowest BCUT2D eigenvalue weighted by atomic mass is 10.1. The van der Waals surface area contributed by atoms with Crippen molar-refractivity contribution >= 4 is 29.8 Å². The number of rotatable bonds is 14. The van der Waals surface area contributed by atoms with Crippen LogP contribution in [0.1, 0.15) is 36.8 Å². The van der Waals surface area contributed by atoms with Crippen LogP contribution in [0, 0.1) is 5.82 Å². The Labute approximate surface area is 232 Å². The summed E-state index contributed by atoms with van der Waals surface area (Å²) in [5.74, 6) is -0.875. The molecule has 0 saturated carbocycles. The average Bonchev–Trinajstić information content (AvgIpc) is 2.95. The Morgan fingerprint density at radius 2 is 1.68 bits per heavy atom. The maximum absolute atomic E-state index is 13.6. The monoisotopic (exact) mass is 549 g/mol. The van der Waals surface area contributed by atoms with E-state index in [1.165, 1.54) is 6.07 Å². The number of halogens is 1. The van der Waals surface area contributed by atoms with Gasteiger partial charge in [-0.3, -0.25) is 4.79 Å². The quantitative estimate of drug-likeness (QED) is 0.193. The fourth-order valence-corrected chi connectivity index (χ4v) is 4.29. The van der Waals surface area contributed by atoms with Gasteiger partial charge in [0.1, 0.15) is 5.75 Å². The van der Waals surface area contributed by atoms with E-state index in [1.54, 1.807) is 18.2 Å². The van der Waals surface area contributed by atoms with Crippen LogP contribution in [0.2, 0.25) is 0 Å². The number of hydrogen-bond donors (Lipinski definition) is 2. The van der Waals surface area contributed by atoms with Crippen molar-refractivity contribution in [1.29, 1.82) is 0 Å². The first-order valence-electron chi connectivity index (χ1n) is 13.2. The highest BCUT2D eigenvalue weighted by atomic mass is 19.1. The molecule has 9 heteroatoms. The number of anilines is 1. The van der Waals surface area contributed by atoms with Crippen molar-refractivity contribution in [2.24, 2.45) is 0 Å². The molecule has 2 N–H and O–H groups in total. The highest BCUT2D eigenvalue weighted by Crippen LogP contribution is 2.38. The fourth-order valence-electron chi connectivity index (χ4n) is 4.29. The summed E-state index contributed by atoms with van der Waals surface area (Å²) in [6, 6.07) is 19.5. The first kappa shape index (κ1) is 28.5. The second kappa shape index (κ2) is 14.0. The highest BCUT2D eigenvalue weighted by molar-refractivity contribution is 5.81. The second-order valence-corrected chi connectivity index (χ2v) is 9.32. The lowest BCUT2D eigenvalue weighted by Gasteiger charge is -2.35. The lowest BCUT2D eigenvalue weighted by Crippen LogP contribution is -2.45. The number of carbonyl (C=O) groups is 2. The van der Waals surface area contributed by atoms with E-state index < -0.39 is 18.0 Å². The summed E-state index contributed by atoms with van der Waals surface area (Å²) < 4.78 is 30.7. The summed E-state index contributed by atoms with van der Waals surface area (Å²) in [6.45, 7) is 1.49. The Hall–Kier alpha value is -4.53. The summed E-state index contributed by atoms with van der Waals surface area (Å²) in [6.07, 6.45) is 4.63. The van der Waals surface area contributed by atoms with Gasteiger partial charge in [-0.15, -0.1) is 0 Å². The Bertz CT molecular complexity index is 1330. The number of nitrogens with zero attached hydrogens (tertiary/aromatic N) is 1. The summed E-state index contributed by atoms with van der Waals surface area (Å²) in [5.41, 5.74) is 2.39. The van der Waals surface area contributed by atoms with E-state index in [1.807, 2.05) is 59.5 Å². The largest absolute Gasteiger partial charge is 0.494 e. The number of para-hydroxylation sites is 2. The molecule has 0 fully saturated rings. The van der Waals surface area contributed by atoms with Gasteiger partial charge in [0.2, 0.25) is 6.10 Å². The smallest absolute Gasteiger partial charge is 0.346 e. The molecule has 4 rings (SSSR count). The molecule has 3 aromatic rings. The molecule has 0 spiro atoms. The van der Waals surface area contributed by atoms with E-state index in [4.69, 9.17) is 19.3 Å². The van der Waals surface area contributed by atoms with Gasteiger partial charge in [-0.05, 0) is 55.2 Å². The highest BCUT2D eigenvalue weighted by Gasteiger charge is 2.31. The molecule has 0 saturated heterocycles. The topological polar surface area (TPSA) is 106 Å². The number of unbranched alkanes of at least 4 members (excludes halogenated alkanes) is 1. The first-order valence-corrected chi connectivity index (χ1v) is 13.2. The van der Waals surface area contributed by atoms with Crippen LogP contribution in [-0.4, -0.2) is 54.6 Å². The van der Waals surface area contributed by atoms with Crippen LogP contribution in [0.5, 0.6) is 17.2 Å². The van der Waals surface area contributed by atoms with Crippen LogP contribution in [0.25, 0.3) is 12.2 Å². The molecular formula is C31H32FNO7. The van der Waals surface area contributed by atoms with Crippen LogP contribution in [-0.2, 0) is 9.59 Å². The van der Waals surface area contributed by atoms with Crippen molar-refractivity contribution in [1.82, 2.24) is 0 Å². The molecule has 210 valence electrons. The number of aliphatic carboxylic acids is 2. The Kier molecular flexibility index (Phi) is 9.99. The van der Waals surface area contributed by atoms with Crippen molar-refractivity contribution < 1.29 is 38.4 Å². The minimum absolute atomic E-state index is 0.00757. The molecule has 0 bridgehead atoms. The standard InChI is InChI=1S/C31H32FNO7/c32-25-8-1-2-10-27(25)39-20-4-3-19-38-24-16-13-22(14-17-24)12-15-23-7-5-9-26-30(23)40-28(31(36)37)21-33(26)18-6-11-29(34)35/h1-2,5,7-10,12-17,28H,3-4,6,11,18-21H2,(H,34,35)(H,36,37). The number of carboxylic acid groups (broad SMARTS) is 2. The molecule has 0 aliphatic carbocycles. The van der Waals surface area contributed by atoms with E-state index in [0.717, 1.165) is 35.4 Å². The van der Waals surface area contributed by atoms with Crippen LogP contribution in [0.3, 0.4) is 0 Å². The fraction of sp³-hybridized carbons (Fsp3) is 0.290. The van der Waals surface area contributed by atoms with Gasteiger partial charge in [0.25, 0.3) is 0 Å². The maximum Gasteiger partial charge on any atom is 0.346 e. The molecule has 1 unspecified atom stereocenters. The number of ether oxygens (including phenoxy) is 3. The van der Waals surface area contributed by atoms with Crippen molar-refractivity contribution in [3.05, 3.63) is 83.7 Å². The van der Waals surface area contributed by atoms with E-state index in [0.29, 0.717) is 31.9 Å². The van der Waals surface area contributed by atoms with E-state index in [-0.39, 0.29) is 24.5 Å². The van der Waals surface area contributed by atoms with E-state index >= 15 is 0 Å². The molecule has 1 atom stereocenters. The molecule has 0 radical (unpaired) electrons. The van der Waals surface area contributed by atoms with Crippen molar-refractivity contribution in [3.8, 4) is 17.2 Å². The Balaban J connectivity index is 1.31. The average molecular weight is 550 g/mol. The summed E-state index contributed by atoms with van der Waals surface area (Å²) in [7, 11) is 0. The predicted molar refractivity (Wildman–Crippen MR) is 150 cm³/mol. The minimum Gasteiger partial charge on any atom is -0.494 e. The van der Waals surface area contributed by atoms with Crippen LogP contribution in [0.4, 0.5) is 10.1 Å². The summed E-state index contributed by atoms with van der Waals surface area (Å²) in [5, 5.41) is 18.6. The van der Waals surface area contributed by atoms with Crippen LogP contribution in [0.15, 0.2) is 66.7 Å². The molecule has 1 heterocycles. The third-order valence-corrected chi connectivity index (χ3v) is 6.34. The van der Waals surface area contributed by atoms with Crippen molar-refractivity contribution in [2.75, 3.05) is 31.2 Å². The molecule has 1 aliphatic rings. The first-order chi connectivity index (χ1) is 19.4. The molecular weight excluding hydrogens is 517 g/mol. The SMILES string of the molecule is O=C(O)CCCN1CC(C(=O)O)Oc2c(C=Cc3ccc(OCCCCOc4ccccc4F)cc3)cccc21. The van der Waals surface area contributed by atoms with Gasteiger partial charge in [-0.1, -0.05) is 48.6 Å². The van der Waals surface area contributed by atoms with Crippen LogP contribution >= 0.6 is 0 Å². The van der Waals surface area contributed by atoms with Gasteiger partial charge in [0.05, 0.1) is 25.4 Å². The zero-order chi connectivity index (χ0) is 28.3. The Morgan fingerprint density at radius 1 is 0.925 bits per heavy atom. The van der Waals surface area contributed by atoms with Gasteiger partial charge >= 0.3 is 11.9 Å². The minimum atomic E-state index is -1.07. The summed E-state index contributed by atoms with van der Waals surface area (Å²) >= 11 is 0. The Morgan fingerprint density at radius 3 is 2.40 bits per heavy atom. The molecule has 40 heavy (non-hydrogen) atoms. The predicted octanol–water partition coefficient (Wildman–Crippen LogP) is 5.75. The molecule has 3 aromatic carbocycles. The molecule has 8 nitrogen and oxygen atoms in total. The molecule has 0 aromatic heterocycles. The van der Waals surface area contributed by atoms with Gasteiger partial charge in [0, 0.05) is 18.5 Å². The molecule has 0 amide bonds. The van der Waals surface area contributed by atoms with Gasteiger partial charge < -0.3 is 29.3 Å². The molecule has 1 aliphatic heterocycles. The number of benzene rings is 3. The summed E-state index contributed by atoms with van der Waals surface area (Å²) in [4.78, 5) is 24.5. The number of hydrogen-bond acceptors (Lipinski definition) is 6. The maximum atomic E-state index is 13.6. The third-order valence-electron chi connectivity index (χ3n) is 6.34. The van der Waals surface area contributed by atoms with Crippen molar-refractivity contribution in [2.45, 2.75) is 31.8 Å². The van der Waals surface area contributed by atoms with Gasteiger partial charge in [-0.2, -0.15) is 0 Å². The van der Waals surface area contributed by atoms with Gasteiger partial charge in [0.15, 0.2) is 17.3 Å². The number of fused-ring (bicyclic) bond motifs is 1. The van der Waals surface area contributed by atoms with Crippen molar-refractivity contribution in [3.63, 3.8) is 0 Å². The van der Waals surface area contributed by atoms with E-state index in [2.05, 4.69) is 0 Å².